The van der Waals surface area contributed by atoms with Gasteiger partial charge >= 0.3 is 0 Å². The van der Waals surface area contributed by atoms with E-state index in [1.807, 2.05) is 4.90 Å². The minimum atomic E-state index is -0.422. The molecule has 1 aliphatic heterocycles. The summed E-state index contributed by atoms with van der Waals surface area (Å²) in [6.45, 7) is 7.68. The Kier molecular flexibility index (Phi) is 4.18. The summed E-state index contributed by atoms with van der Waals surface area (Å²) < 4.78 is 0. The number of halogens is 1. The molecule has 0 saturated carbocycles. The fraction of sp³-hybridized carbons (Fsp3) is 0.500. The van der Waals surface area contributed by atoms with Gasteiger partial charge in [0.15, 0.2) is 0 Å². The molecule has 0 bridgehead atoms. The Morgan fingerprint density at radius 2 is 2.00 bits per heavy atom. The number of H-pyrrole nitrogens is 1. The highest BCUT2D eigenvalue weighted by Gasteiger charge is 2.27. The van der Waals surface area contributed by atoms with Crippen LogP contribution in [0.2, 0.25) is 0 Å². The highest BCUT2D eigenvalue weighted by Crippen LogP contribution is 2.34. The maximum Gasteiger partial charge on any atom is 0.240 e. The van der Waals surface area contributed by atoms with Crippen LogP contribution in [0.5, 0.6) is 0 Å². The number of benzene rings is 1. The number of hydrogen-bond donors (Lipinski definition) is 1. The number of fused-ring (bicyclic) bond motifs is 1. The molecule has 3 rings (SSSR count). The van der Waals surface area contributed by atoms with Crippen LogP contribution in [0.4, 0.5) is 0 Å². The van der Waals surface area contributed by atoms with E-state index in [1.54, 1.807) is 6.92 Å². The summed E-state index contributed by atoms with van der Waals surface area (Å²) >= 11 is 5.91. The normalized spacial score (nSPS) is 17.9. The minimum Gasteiger partial charge on any atom is -0.358 e. The van der Waals surface area contributed by atoms with Crippen LogP contribution in [-0.4, -0.2) is 34.3 Å². The van der Waals surface area contributed by atoms with Crippen molar-refractivity contribution < 1.29 is 4.79 Å². The minimum absolute atomic E-state index is 0.0594. The lowest BCUT2D eigenvalue weighted by molar-refractivity contribution is -0.131. The van der Waals surface area contributed by atoms with Gasteiger partial charge in [-0.05, 0) is 51.3 Å². The summed E-state index contributed by atoms with van der Waals surface area (Å²) in [5.41, 5.74) is 5.20. The molecule has 0 spiro atoms. The number of aryl methyl sites for hydroxylation is 2. The van der Waals surface area contributed by atoms with Gasteiger partial charge in [-0.2, -0.15) is 0 Å². The fourth-order valence-corrected chi connectivity index (χ4v) is 3.65. The number of hydrogen-bond acceptors (Lipinski definition) is 1. The molecule has 1 atom stereocenters. The molecule has 2 aromatic rings. The maximum absolute atomic E-state index is 12.0. The van der Waals surface area contributed by atoms with Crippen molar-refractivity contribution >= 4 is 28.4 Å². The molecule has 0 radical (unpaired) electrons. The van der Waals surface area contributed by atoms with Gasteiger partial charge in [-0.15, -0.1) is 11.6 Å². The van der Waals surface area contributed by atoms with E-state index < -0.39 is 5.38 Å². The summed E-state index contributed by atoms with van der Waals surface area (Å²) in [5.74, 6) is 0.562. The van der Waals surface area contributed by atoms with Gasteiger partial charge in [0.25, 0.3) is 0 Å². The molecule has 2 heterocycles. The smallest absolute Gasteiger partial charge is 0.240 e. The quantitative estimate of drug-likeness (QED) is 0.831. The molecule has 1 fully saturated rings. The van der Waals surface area contributed by atoms with Crippen molar-refractivity contribution in [1.82, 2.24) is 9.88 Å². The van der Waals surface area contributed by atoms with Crippen molar-refractivity contribution in [2.24, 2.45) is 0 Å². The molecule has 3 nitrogen and oxygen atoms in total. The van der Waals surface area contributed by atoms with Crippen molar-refractivity contribution in [3.05, 3.63) is 35.0 Å². The van der Waals surface area contributed by atoms with Crippen LogP contribution < -0.4 is 0 Å². The number of carbonyl (C=O) groups excluding carboxylic acids is 1. The standard InChI is InChI=1S/C18H23ClN2O/c1-11-4-5-16-15(10-11)12(2)17(20-16)14-6-8-21(9-7-14)18(22)13(3)19/h4-5,10,13-14,20H,6-9H2,1-3H3. The zero-order chi connectivity index (χ0) is 15.9. The van der Waals surface area contributed by atoms with E-state index in [9.17, 15) is 4.79 Å². The second-order valence-corrected chi connectivity index (χ2v) is 7.08. The second kappa shape index (κ2) is 5.96. The average molecular weight is 319 g/mol. The molecule has 1 N–H and O–H groups in total. The monoisotopic (exact) mass is 318 g/mol. The van der Waals surface area contributed by atoms with E-state index in [1.165, 1.54) is 27.7 Å². The van der Waals surface area contributed by atoms with Crippen LogP contribution in [0.15, 0.2) is 18.2 Å². The molecule has 1 aliphatic rings. The third kappa shape index (κ3) is 2.74. The van der Waals surface area contributed by atoms with Crippen LogP contribution in [-0.2, 0) is 4.79 Å². The molecule has 1 amide bonds. The highest BCUT2D eigenvalue weighted by atomic mass is 35.5. The van der Waals surface area contributed by atoms with Crippen LogP contribution in [0.3, 0.4) is 0 Å². The molecule has 1 saturated heterocycles. The highest BCUT2D eigenvalue weighted by molar-refractivity contribution is 6.30. The summed E-state index contributed by atoms with van der Waals surface area (Å²) in [6.07, 6.45) is 2.00. The third-order valence-corrected chi connectivity index (χ3v) is 4.99. The molecule has 1 aromatic heterocycles. The molecule has 22 heavy (non-hydrogen) atoms. The first-order valence-corrected chi connectivity index (χ1v) is 8.42. The Morgan fingerprint density at radius 1 is 1.32 bits per heavy atom. The lowest BCUT2D eigenvalue weighted by Gasteiger charge is -2.32. The van der Waals surface area contributed by atoms with E-state index in [0.29, 0.717) is 5.92 Å². The van der Waals surface area contributed by atoms with Crippen molar-refractivity contribution in [3.8, 4) is 0 Å². The third-order valence-electron chi connectivity index (χ3n) is 4.81. The number of rotatable bonds is 2. The number of aromatic nitrogens is 1. The van der Waals surface area contributed by atoms with Gasteiger partial charge in [-0.3, -0.25) is 4.79 Å². The summed E-state index contributed by atoms with van der Waals surface area (Å²) in [6, 6.07) is 6.55. The van der Waals surface area contributed by atoms with E-state index in [4.69, 9.17) is 11.6 Å². The number of aromatic amines is 1. The van der Waals surface area contributed by atoms with E-state index >= 15 is 0 Å². The van der Waals surface area contributed by atoms with E-state index in [-0.39, 0.29) is 5.91 Å². The summed E-state index contributed by atoms with van der Waals surface area (Å²) in [4.78, 5) is 17.5. The molecule has 1 aromatic carbocycles. The van der Waals surface area contributed by atoms with Crippen molar-refractivity contribution in [3.63, 3.8) is 0 Å². The van der Waals surface area contributed by atoms with Gasteiger partial charge in [-0.25, -0.2) is 0 Å². The Hall–Kier alpha value is -1.48. The van der Waals surface area contributed by atoms with Crippen molar-refractivity contribution in [1.29, 1.82) is 0 Å². The van der Waals surface area contributed by atoms with Gasteiger partial charge in [0.2, 0.25) is 5.91 Å². The molecule has 0 aliphatic carbocycles. The van der Waals surface area contributed by atoms with Crippen LogP contribution >= 0.6 is 11.6 Å². The van der Waals surface area contributed by atoms with Gasteiger partial charge < -0.3 is 9.88 Å². The second-order valence-electron chi connectivity index (χ2n) is 6.43. The van der Waals surface area contributed by atoms with Crippen LogP contribution in [0, 0.1) is 13.8 Å². The van der Waals surface area contributed by atoms with Gasteiger partial charge in [0.05, 0.1) is 0 Å². The molecular weight excluding hydrogens is 296 g/mol. The maximum atomic E-state index is 12.0. The lowest BCUT2D eigenvalue weighted by atomic mass is 9.91. The Bertz CT molecular complexity index is 696. The topological polar surface area (TPSA) is 36.1 Å². The Balaban J connectivity index is 1.79. The molecular formula is C18H23ClN2O. The Morgan fingerprint density at radius 3 is 2.64 bits per heavy atom. The largest absolute Gasteiger partial charge is 0.358 e. The first-order valence-electron chi connectivity index (χ1n) is 7.99. The predicted octanol–water partition coefficient (Wildman–Crippen LogP) is 4.12. The average Bonchev–Trinajstić information content (AvgIpc) is 2.83. The van der Waals surface area contributed by atoms with Crippen LogP contribution in [0.1, 0.15) is 42.5 Å². The number of amides is 1. The number of nitrogens with one attached hydrogen (secondary N) is 1. The lowest BCUT2D eigenvalue weighted by Crippen LogP contribution is -2.41. The number of likely N-dealkylation sites (tertiary alicyclic amines) is 1. The summed E-state index contributed by atoms with van der Waals surface area (Å²) in [7, 11) is 0. The summed E-state index contributed by atoms with van der Waals surface area (Å²) in [5, 5.41) is 0.900. The fourth-order valence-electron chi connectivity index (χ4n) is 3.51. The predicted molar refractivity (Wildman–Crippen MR) is 91.6 cm³/mol. The number of carbonyl (C=O) groups is 1. The van der Waals surface area contributed by atoms with E-state index in [0.717, 1.165) is 25.9 Å². The zero-order valence-corrected chi connectivity index (χ0v) is 14.2. The van der Waals surface area contributed by atoms with Crippen LogP contribution in [0.25, 0.3) is 10.9 Å². The van der Waals surface area contributed by atoms with E-state index in [2.05, 4.69) is 37.0 Å². The zero-order valence-electron chi connectivity index (χ0n) is 13.4. The van der Waals surface area contributed by atoms with Crippen molar-refractivity contribution in [2.75, 3.05) is 13.1 Å². The number of alkyl halides is 1. The molecule has 118 valence electrons. The Labute approximate surface area is 136 Å². The van der Waals surface area contributed by atoms with Gasteiger partial charge in [0.1, 0.15) is 5.38 Å². The number of nitrogens with zero attached hydrogens (tertiary/aromatic N) is 1. The number of piperidine rings is 1. The van der Waals surface area contributed by atoms with Gasteiger partial charge in [-0.1, -0.05) is 11.6 Å². The van der Waals surface area contributed by atoms with Crippen molar-refractivity contribution in [2.45, 2.75) is 44.9 Å². The molecule has 1 unspecified atom stereocenters. The van der Waals surface area contributed by atoms with Gasteiger partial charge in [0, 0.05) is 35.6 Å². The molecule has 4 heteroatoms. The first-order chi connectivity index (χ1) is 10.5. The SMILES string of the molecule is Cc1ccc2[nH]c(C3CCN(C(=O)C(C)Cl)CC3)c(C)c2c1. The first kappa shape index (κ1) is 15.4.